The molecule has 1 aromatic carbocycles. The predicted octanol–water partition coefficient (Wildman–Crippen LogP) is 4.61. The predicted molar refractivity (Wildman–Crippen MR) is 126 cm³/mol. The van der Waals surface area contributed by atoms with Crippen molar-refractivity contribution >= 4 is 22.4 Å². The molecule has 9 heteroatoms. The molecular weight excluding hydrogens is 440 g/mol. The zero-order chi connectivity index (χ0) is 23.7. The Morgan fingerprint density at radius 3 is 2.74 bits per heavy atom. The number of hydrogen-bond acceptors (Lipinski definition) is 7. The van der Waals surface area contributed by atoms with Crippen LogP contribution in [-0.4, -0.2) is 54.2 Å². The smallest absolute Gasteiger partial charge is 0.298 e. The molecule has 1 N–H and O–H groups in total. The van der Waals surface area contributed by atoms with Crippen LogP contribution in [0.15, 0.2) is 36.5 Å². The van der Waals surface area contributed by atoms with Crippen LogP contribution >= 0.6 is 0 Å². The molecule has 0 amide bonds. The van der Waals surface area contributed by atoms with Crippen molar-refractivity contribution in [1.82, 2.24) is 15.2 Å². The van der Waals surface area contributed by atoms with Gasteiger partial charge in [0.05, 0.1) is 42.4 Å². The summed E-state index contributed by atoms with van der Waals surface area (Å²) in [6, 6.07) is 8.33. The highest BCUT2D eigenvalue weighted by molar-refractivity contribution is 5.92. The average Bonchev–Trinajstić information content (AvgIpc) is 3.42. The molecule has 7 nitrogen and oxygen atoms in total. The molecule has 0 bridgehead atoms. The SMILES string of the molecule is Cc1nnc(N[C@H](C)c2cccc(C(F)(F)C3CCCO3)c2)c2cc(N3CCOCC3)cnc12. The van der Waals surface area contributed by atoms with Gasteiger partial charge < -0.3 is 19.7 Å². The molecule has 5 rings (SSSR count). The summed E-state index contributed by atoms with van der Waals surface area (Å²) in [5.74, 6) is -2.45. The van der Waals surface area contributed by atoms with Crippen LogP contribution < -0.4 is 10.2 Å². The van der Waals surface area contributed by atoms with E-state index in [1.165, 1.54) is 6.07 Å². The fraction of sp³-hybridized carbons (Fsp3) is 0.480. The minimum Gasteiger partial charge on any atom is -0.378 e. The number of aryl methyl sites for hydroxylation is 1. The Morgan fingerprint density at radius 2 is 1.97 bits per heavy atom. The van der Waals surface area contributed by atoms with Crippen LogP contribution in [0.25, 0.3) is 10.9 Å². The third-order valence-corrected chi connectivity index (χ3v) is 6.61. The lowest BCUT2D eigenvalue weighted by Crippen LogP contribution is -2.36. The van der Waals surface area contributed by atoms with E-state index in [4.69, 9.17) is 9.47 Å². The van der Waals surface area contributed by atoms with Crippen molar-refractivity contribution < 1.29 is 18.3 Å². The zero-order valence-electron chi connectivity index (χ0n) is 19.4. The molecule has 2 atom stereocenters. The van der Waals surface area contributed by atoms with Crippen LogP contribution in [0.1, 0.15) is 42.6 Å². The van der Waals surface area contributed by atoms with Crippen LogP contribution in [0.3, 0.4) is 0 Å². The number of ether oxygens (including phenoxy) is 2. The van der Waals surface area contributed by atoms with Gasteiger partial charge in [-0.1, -0.05) is 18.2 Å². The summed E-state index contributed by atoms with van der Waals surface area (Å²) < 4.78 is 40.8. The summed E-state index contributed by atoms with van der Waals surface area (Å²) in [6.07, 6.45) is 1.82. The van der Waals surface area contributed by atoms with Crippen molar-refractivity contribution in [1.29, 1.82) is 0 Å². The molecule has 1 unspecified atom stereocenters. The molecule has 2 aromatic heterocycles. The molecular formula is C25H29F2N5O2. The van der Waals surface area contributed by atoms with Crippen molar-refractivity contribution in [2.24, 2.45) is 0 Å². The third-order valence-electron chi connectivity index (χ3n) is 6.61. The molecule has 3 aromatic rings. The average molecular weight is 470 g/mol. The minimum atomic E-state index is -3.03. The first-order chi connectivity index (χ1) is 16.4. The Kier molecular flexibility index (Phi) is 6.31. The first kappa shape index (κ1) is 22.9. The highest BCUT2D eigenvalue weighted by Gasteiger charge is 2.44. The van der Waals surface area contributed by atoms with Gasteiger partial charge in [0.25, 0.3) is 5.92 Å². The van der Waals surface area contributed by atoms with Crippen molar-refractivity contribution in [3.63, 3.8) is 0 Å². The number of hydrogen-bond donors (Lipinski definition) is 1. The number of pyridine rings is 1. The number of morpholine rings is 1. The lowest BCUT2D eigenvalue weighted by atomic mass is 9.97. The largest absolute Gasteiger partial charge is 0.378 e. The Balaban J connectivity index is 1.43. The number of nitrogens with one attached hydrogen (secondary N) is 1. The lowest BCUT2D eigenvalue weighted by Gasteiger charge is -2.29. The molecule has 4 heterocycles. The van der Waals surface area contributed by atoms with E-state index in [0.29, 0.717) is 38.5 Å². The molecule has 2 aliphatic heterocycles. The Bertz CT molecular complexity index is 1160. The number of anilines is 2. The van der Waals surface area contributed by atoms with E-state index in [1.54, 1.807) is 12.1 Å². The number of alkyl halides is 2. The molecule has 2 saturated heterocycles. The second kappa shape index (κ2) is 9.38. The highest BCUT2D eigenvalue weighted by atomic mass is 19.3. The fourth-order valence-corrected chi connectivity index (χ4v) is 4.60. The number of fused-ring (bicyclic) bond motifs is 1. The van der Waals surface area contributed by atoms with Gasteiger partial charge in [-0.15, -0.1) is 5.10 Å². The van der Waals surface area contributed by atoms with Gasteiger partial charge in [-0.05, 0) is 44.4 Å². The van der Waals surface area contributed by atoms with Gasteiger partial charge in [-0.2, -0.15) is 13.9 Å². The first-order valence-electron chi connectivity index (χ1n) is 11.8. The summed E-state index contributed by atoms with van der Waals surface area (Å²) in [4.78, 5) is 6.88. The maximum absolute atomic E-state index is 15.0. The van der Waals surface area contributed by atoms with Crippen molar-refractivity contribution in [3.8, 4) is 0 Å². The van der Waals surface area contributed by atoms with Gasteiger partial charge in [0.1, 0.15) is 6.10 Å². The summed E-state index contributed by atoms with van der Waals surface area (Å²) in [6.45, 7) is 7.15. The lowest BCUT2D eigenvalue weighted by molar-refractivity contribution is -0.122. The van der Waals surface area contributed by atoms with Crippen molar-refractivity contribution in [3.05, 3.63) is 53.3 Å². The van der Waals surface area contributed by atoms with Gasteiger partial charge in [0.2, 0.25) is 0 Å². The van der Waals surface area contributed by atoms with Gasteiger partial charge in [0.15, 0.2) is 5.82 Å². The van der Waals surface area contributed by atoms with Crippen LogP contribution in [0.4, 0.5) is 20.3 Å². The topological polar surface area (TPSA) is 72.4 Å². The minimum absolute atomic E-state index is 0.0262. The monoisotopic (exact) mass is 469 g/mol. The first-order valence-corrected chi connectivity index (χ1v) is 11.8. The Hall–Kier alpha value is -2.91. The molecule has 2 fully saturated rings. The van der Waals surface area contributed by atoms with Gasteiger partial charge in [-0.3, -0.25) is 4.98 Å². The number of halogens is 2. The molecule has 34 heavy (non-hydrogen) atoms. The van der Waals surface area contributed by atoms with Gasteiger partial charge >= 0.3 is 0 Å². The fourth-order valence-electron chi connectivity index (χ4n) is 4.60. The summed E-state index contributed by atoms with van der Waals surface area (Å²) >= 11 is 0. The van der Waals surface area contributed by atoms with Gasteiger partial charge in [0, 0.05) is 30.6 Å². The van der Waals surface area contributed by atoms with E-state index in [0.717, 1.165) is 40.9 Å². The number of benzene rings is 1. The van der Waals surface area contributed by atoms with Gasteiger partial charge in [-0.25, -0.2) is 0 Å². The zero-order valence-corrected chi connectivity index (χ0v) is 19.4. The van der Waals surface area contributed by atoms with Crippen LogP contribution in [0.2, 0.25) is 0 Å². The summed E-state index contributed by atoms with van der Waals surface area (Å²) in [5.41, 5.74) is 3.21. The number of nitrogens with zero attached hydrogens (tertiary/aromatic N) is 4. The Morgan fingerprint density at radius 1 is 1.15 bits per heavy atom. The van der Waals surface area contributed by atoms with E-state index in [1.807, 2.05) is 26.1 Å². The number of aromatic nitrogens is 3. The number of rotatable bonds is 6. The third kappa shape index (κ3) is 4.42. The van der Waals surface area contributed by atoms with Crippen molar-refractivity contribution in [2.45, 2.75) is 44.8 Å². The van der Waals surface area contributed by atoms with Crippen molar-refractivity contribution in [2.75, 3.05) is 43.1 Å². The van der Waals surface area contributed by atoms with E-state index < -0.39 is 12.0 Å². The maximum Gasteiger partial charge on any atom is 0.298 e. The van der Waals surface area contributed by atoms with E-state index in [2.05, 4.69) is 31.5 Å². The molecule has 0 saturated carbocycles. The van der Waals surface area contributed by atoms with E-state index >= 15 is 8.78 Å². The molecule has 0 spiro atoms. The highest BCUT2D eigenvalue weighted by Crippen LogP contribution is 2.39. The Labute approximate surface area is 197 Å². The molecule has 2 aliphatic rings. The van der Waals surface area contributed by atoms with E-state index in [9.17, 15) is 0 Å². The quantitative estimate of drug-likeness (QED) is 0.565. The normalized spacial score (nSPS) is 20.0. The second-order valence-electron chi connectivity index (χ2n) is 8.94. The molecule has 0 radical (unpaired) electrons. The molecule has 180 valence electrons. The van der Waals surface area contributed by atoms with Crippen LogP contribution in [0.5, 0.6) is 0 Å². The summed E-state index contributed by atoms with van der Waals surface area (Å²) in [7, 11) is 0. The van der Waals surface area contributed by atoms with E-state index in [-0.39, 0.29) is 11.6 Å². The summed E-state index contributed by atoms with van der Waals surface area (Å²) in [5, 5.41) is 12.9. The second-order valence-corrected chi connectivity index (χ2v) is 8.94. The maximum atomic E-state index is 15.0. The molecule has 0 aliphatic carbocycles. The van der Waals surface area contributed by atoms with Crippen LogP contribution in [0, 0.1) is 6.92 Å². The van der Waals surface area contributed by atoms with Crippen LogP contribution in [-0.2, 0) is 15.4 Å². The standard InChI is InChI=1S/C25H29F2N5O2/c1-16(18-5-3-6-19(13-18)25(26,27)22-7-4-10-34-22)29-24-21-14-20(32-8-11-33-12-9-32)15-28-23(21)17(2)30-31-24/h3,5-6,13-16,22H,4,7-12H2,1-2H3,(H,29,31)/t16-,22?/m1/s1.